The SMILES string of the molecule is Cc1cccc(C)c1NC(=O)CN(C)CC(=O)c1cc(C)n(C(C)C)c1C. The Morgan fingerprint density at radius 1 is 1.07 bits per heavy atom. The first-order chi connectivity index (χ1) is 12.6. The molecule has 146 valence electrons. The molecule has 0 aliphatic carbocycles. The summed E-state index contributed by atoms with van der Waals surface area (Å²) in [6.45, 7) is 12.5. The fourth-order valence-electron chi connectivity index (χ4n) is 3.68. The van der Waals surface area contributed by atoms with Crippen molar-refractivity contribution in [1.29, 1.82) is 0 Å². The lowest BCUT2D eigenvalue weighted by atomic mass is 10.1. The molecule has 1 amide bonds. The predicted molar refractivity (Wildman–Crippen MR) is 111 cm³/mol. The van der Waals surface area contributed by atoms with E-state index in [0.717, 1.165) is 33.8 Å². The van der Waals surface area contributed by atoms with Gasteiger partial charge in [-0.1, -0.05) is 18.2 Å². The fourth-order valence-corrected chi connectivity index (χ4v) is 3.68. The van der Waals surface area contributed by atoms with Crippen LogP contribution in [0.15, 0.2) is 24.3 Å². The van der Waals surface area contributed by atoms with Gasteiger partial charge in [-0.2, -0.15) is 0 Å². The van der Waals surface area contributed by atoms with E-state index in [4.69, 9.17) is 0 Å². The predicted octanol–water partition coefficient (Wildman–Crippen LogP) is 4.06. The summed E-state index contributed by atoms with van der Waals surface area (Å²) in [6, 6.07) is 8.18. The molecule has 0 atom stereocenters. The Labute approximate surface area is 162 Å². The molecule has 0 aliphatic heterocycles. The molecule has 0 saturated carbocycles. The van der Waals surface area contributed by atoms with Crippen molar-refractivity contribution in [2.24, 2.45) is 0 Å². The van der Waals surface area contributed by atoms with Crippen molar-refractivity contribution in [3.8, 4) is 0 Å². The summed E-state index contributed by atoms with van der Waals surface area (Å²) in [4.78, 5) is 26.9. The first-order valence-electron chi connectivity index (χ1n) is 9.38. The molecule has 0 radical (unpaired) electrons. The molecular weight excluding hydrogens is 338 g/mol. The molecule has 0 saturated heterocycles. The molecule has 1 N–H and O–H groups in total. The number of benzene rings is 1. The molecule has 2 aromatic rings. The molecular formula is C22H31N3O2. The van der Waals surface area contributed by atoms with E-state index < -0.39 is 0 Å². The maximum atomic E-state index is 12.7. The zero-order valence-electron chi connectivity index (χ0n) is 17.5. The highest BCUT2D eigenvalue weighted by molar-refractivity contribution is 5.99. The van der Waals surface area contributed by atoms with Crippen LogP contribution in [-0.4, -0.2) is 41.3 Å². The Bertz CT molecular complexity index is 829. The highest BCUT2D eigenvalue weighted by atomic mass is 16.2. The van der Waals surface area contributed by atoms with Gasteiger partial charge in [0.15, 0.2) is 5.78 Å². The van der Waals surface area contributed by atoms with Crippen molar-refractivity contribution < 1.29 is 9.59 Å². The van der Waals surface area contributed by atoms with E-state index in [1.54, 1.807) is 11.9 Å². The monoisotopic (exact) mass is 369 g/mol. The first kappa shape index (κ1) is 20.9. The van der Waals surface area contributed by atoms with E-state index in [-0.39, 0.29) is 24.8 Å². The van der Waals surface area contributed by atoms with Crippen molar-refractivity contribution in [3.63, 3.8) is 0 Å². The molecule has 1 aromatic heterocycles. The Balaban J connectivity index is 2.01. The third-order valence-corrected chi connectivity index (χ3v) is 4.87. The van der Waals surface area contributed by atoms with Crippen LogP contribution in [0, 0.1) is 27.7 Å². The molecule has 1 aromatic carbocycles. The first-order valence-corrected chi connectivity index (χ1v) is 9.38. The van der Waals surface area contributed by atoms with E-state index in [1.165, 1.54) is 0 Å². The number of anilines is 1. The Morgan fingerprint density at radius 2 is 1.67 bits per heavy atom. The Hall–Kier alpha value is -2.40. The Morgan fingerprint density at radius 3 is 2.19 bits per heavy atom. The topological polar surface area (TPSA) is 54.3 Å². The van der Waals surface area contributed by atoms with Crippen LogP contribution in [0.3, 0.4) is 0 Å². The summed E-state index contributed by atoms with van der Waals surface area (Å²) < 4.78 is 2.17. The van der Waals surface area contributed by atoms with E-state index in [1.807, 2.05) is 52.0 Å². The second-order valence-corrected chi connectivity index (χ2v) is 7.66. The average molecular weight is 370 g/mol. The summed E-state index contributed by atoms with van der Waals surface area (Å²) >= 11 is 0. The van der Waals surface area contributed by atoms with E-state index in [2.05, 4.69) is 23.7 Å². The number of rotatable bonds is 7. The molecule has 0 spiro atoms. The number of Topliss-reactive ketones (excluding diaryl/α,β-unsaturated/α-hetero) is 1. The normalized spacial score (nSPS) is 11.3. The summed E-state index contributed by atoms with van der Waals surface area (Å²) in [7, 11) is 1.80. The third kappa shape index (κ3) is 4.86. The zero-order valence-corrected chi connectivity index (χ0v) is 17.5. The van der Waals surface area contributed by atoms with Crippen molar-refractivity contribution in [2.45, 2.75) is 47.6 Å². The van der Waals surface area contributed by atoms with Crippen LogP contribution < -0.4 is 5.32 Å². The minimum absolute atomic E-state index is 0.0392. The van der Waals surface area contributed by atoms with Gasteiger partial charge in [0.05, 0.1) is 13.1 Å². The molecule has 0 unspecified atom stereocenters. The smallest absolute Gasteiger partial charge is 0.238 e. The molecule has 2 rings (SSSR count). The van der Waals surface area contributed by atoms with Crippen LogP contribution in [0.2, 0.25) is 0 Å². The van der Waals surface area contributed by atoms with Gasteiger partial charge in [0, 0.05) is 28.7 Å². The van der Waals surface area contributed by atoms with Crippen LogP contribution in [0.1, 0.15) is 52.8 Å². The standard InChI is InChI=1S/C22H31N3O2/c1-14(2)25-17(5)11-19(18(25)6)20(26)12-24(7)13-21(27)23-22-15(3)9-8-10-16(22)4/h8-11,14H,12-13H2,1-7H3,(H,23,27). The van der Waals surface area contributed by atoms with Crippen LogP contribution >= 0.6 is 0 Å². The molecule has 0 fully saturated rings. The van der Waals surface area contributed by atoms with Crippen molar-refractivity contribution in [3.05, 3.63) is 52.3 Å². The zero-order chi connectivity index (χ0) is 20.3. The van der Waals surface area contributed by atoms with Crippen molar-refractivity contribution in [1.82, 2.24) is 9.47 Å². The molecule has 0 aliphatic rings. The number of aromatic nitrogens is 1. The van der Waals surface area contributed by atoms with Gasteiger partial charge in [0.1, 0.15) is 0 Å². The number of likely N-dealkylation sites (N-methyl/N-ethyl adjacent to an activating group) is 1. The number of carbonyl (C=O) groups excluding carboxylic acids is 2. The number of aryl methyl sites for hydroxylation is 3. The largest absolute Gasteiger partial charge is 0.346 e. The van der Waals surface area contributed by atoms with E-state index in [9.17, 15) is 9.59 Å². The number of nitrogens with one attached hydrogen (secondary N) is 1. The lowest BCUT2D eigenvalue weighted by Gasteiger charge is -2.17. The van der Waals surface area contributed by atoms with Gasteiger partial charge in [0.25, 0.3) is 0 Å². The van der Waals surface area contributed by atoms with Crippen LogP contribution in [-0.2, 0) is 4.79 Å². The minimum atomic E-state index is -0.115. The number of amides is 1. The van der Waals surface area contributed by atoms with Crippen LogP contribution in [0.25, 0.3) is 0 Å². The quantitative estimate of drug-likeness (QED) is 0.749. The third-order valence-electron chi connectivity index (χ3n) is 4.87. The summed E-state index contributed by atoms with van der Waals surface area (Å²) in [5.74, 6) is -0.0762. The van der Waals surface area contributed by atoms with Gasteiger partial charge >= 0.3 is 0 Å². The Kier molecular flexibility index (Phi) is 6.60. The number of hydrogen-bond acceptors (Lipinski definition) is 3. The van der Waals surface area contributed by atoms with Gasteiger partial charge in [-0.15, -0.1) is 0 Å². The summed E-state index contributed by atoms with van der Waals surface area (Å²) in [5, 5.41) is 2.97. The number of ketones is 1. The fraction of sp³-hybridized carbons (Fsp3) is 0.455. The molecule has 27 heavy (non-hydrogen) atoms. The highest BCUT2D eigenvalue weighted by Crippen LogP contribution is 2.21. The maximum Gasteiger partial charge on any atom is 0.238 e. The van der Waals surface area contributed by atoms with Gasteiger partial charge in [-0.05, 0) is 65.8 Å². The number of nitrogens with zero attached hydrogens (tertiary/aromatic N) is 2. The lowest BCUT2D eigenvalue weighted by Crippen LogP contribution is -2.34. The summed E-state index contributed by atoms with van der Waals surface area (Å²) in [6.07, 6.45) is 0. The average Bonchev–Trinajstić information content (AvgIpc) is 2.85. The number of para-hydroxylation sites is 1. The van der Waals surface area contributed by atoms with Gasteiger partial charge < -0.3 is 9.88 Å². The molecule has 5 heteroatoms. The van der Waals surface area contributed by atoms with Crippen LogP contribution in [0.4, 0.5) is 5.69 Å². The van der Waals surface area contributed by atoms with Gasteiger partial charge in [-0.25, -0.2) is 0 Å². The van der Waals surface area contributed by atoms with Gasteiger partial charge in [-0.3, -0.25) is 14.5 Å². The maximum absolute atomic E-state index is 12.7. The van der Waals surface area contributed by atoms with Gasteiger partial charge in [0.2, 0.25) is 5.91 Å². The highest BCUT2D eigenvalue weighted by Gasteiger charge is 2.19. The number of hydrogen-bond donors (Lipinski definition) is 1. The molecule has 0 bridgehead atoms. The lowest BCUT2D eigenvalue weighted by molar-refractivity contribution is -0.116. The minimum Gasteiger partial charge on any atom is -0.346 e. The van der Waals surface area contributed by atoms with E-state index in [0.29, 0.717) is 6.04 Å². The second-order valence-electron chi connectivity index (χ2n) is 7.66. The summed E-state index contributed by atoms with van der Waals surface area (Å²) in [5.41, 5.74) is 5.72. The van der Waals surface area contributed by atoms with Crippen LogP contribution in [0.5, 0.6) is 0 Å². The van der Waals surface area contributed by atoms with Crippen molar-refractivity contribution >= 4 is 17.4 Å². The number of carbonyl (C=O) groups is 2. The van der Waals surface area contributed by atoms with Crippen molar-refractivity contribution in [2.75, 3.05) is 25.5 Å². The second kappa shape index (κ2) is 8.53. The molecule has 1 heterocycles. The van der Waals surface area contributed by atoms with E-state index >= 15 is 0 Å². The molecule has 5 nitrogen and oxygen atoms in total.